The Morgan fingerprint density at radius 3 is 2.81 bits per heavy atom. The highest BCUT2D eigenvalue weighted by molar-refractivity contribution is 6.32. The van der Waals surface area contributed by atoms with Crippen LogP contribution in [-0.2, 0) is 11.2 Å². The van der Waals surface area contributed by atoms with Crippen LogP contribution in [0.5, 0.6) is 5.75 Å². The standard InChI is InChI=1S/C20H21ClN2O4/c1-12(2)26-17-8-7-14(10-15(17)21)19-23-16-9-13(11-22-20(16)27-19)5-3-4-6-18(24)25/h7-12H,3-6H2,1-2H3,(H,24,25). The van der Waals surface area contributed by atoms with Gasteiger partial charge in [-0.05, 0) is 62.9 Å². The summed E-state index contributed by atoms with van der Waals surface area (Å²) in [5, 5.41) is 9.19. The van der Waals surface area contributed by atoms with Gasteiger partial charge in [0.05, 0.1) is 11.1 Å². The van der Waals surface area contributed by atoms with Gasteiger partial charge in [0.2, 0.25) is 11.6 Å². The Labute approximate surface area is 162 Å². The molecule has 0 atom stereocenters. The SMILES string of the molecule is CC(C)Oc1ccc(-c2nc3cc(CCCCC(=O)O)cnc3o2)cc1Cl. The van der Waals surface area contributed by atoms with Crippen molar-refractivity contribution in [2.75, 3.05) is 0 Å². The number of halogens is 1. The van der Waals surface area contributed by atoms with Crippen molar-refractivity contribution in [2.24, 2.45) is 0 Å². The Morgan fingerprint density at radius 2 is 2.11 bits per heavy atom. The fourth-order valence-electron chi connectivity index (χ4n) is 2.71. The molecule has 0 spiro atoms. The number of carboxylic acids is 1. The molecule has 0 aliphatic heterocycles. The van der Waals surface area contributed by atoms with Crippen molar-refractivity contribution in [1.82, 2.24) is 9.97 Å². The van der Waals surface area contributed by atoms with Crippen LogP contribution in [0.4, 0.5) is 0 Å². The molecule has 0 aliphatic carbocycles. The van der Waals surface area contributed by atoms with E-state index in [2.05, 4.69) is 9.97 Å². The molecule has 0 fully saturated rings. The summed E-state index contributed by atoms with van der Waals surface area (Å²) in [6.45, 7) is 3.88. The maximum atomic E-state index is 10.6. The maximum absolute atomic E-state index is 10.6. The third-order valence-electron chi connectivity index (χ3n) is 3.95. The minimum Gasteiger partial charge on any atom is -0.489 e. The largest absolute Gasteiger partial charge is 0.489 e. The number of unbranched alkanes of at least 4 members (excludes halogenated alkanes) is 1. The van der Waals surface area contributed by atoms with Gasteiger partial charge in [-0.3, -0.25) is 4.79 Å². The molecule has 7 heteroatoms. The van der Waals surface area contributed by atoms with Crippen LogP contribution in [0.2, 0.25) is 5.02 Å². The molecule has 2 heterocycles. The zero-order valence-corrected chi connectivity index (χ0v) is 16.0. The number of oxazole rings is 1. The maximum Gasteiger partial charge on any atom is 0.303 e. The molecular weight excluding hydrogens is 368 g/mol. The summed E-state index contributed by atoms with van der Waals surface area (Å²) in [6, 6.07) is 7.33. The van der Waals surface area contributed by atoms with E-state index >= 15 is 0 Å². The lowest BCUT2D eigenvalue weighted by Crippen LogP contribution is -2.05. The number of aromatic nitrogens is 2. The molecule has 1 aromatic carbocycles. The number of carboxylic acid groups (broad SMARTS) is 1. The lowest BCUT2D eigenvalue weighted by molar-refractivity contribution is -0.137. The highest BCUT2D eigenvalue weighted by atomic mass is 35.5. The molecule has 142 valence electrons. The molecular formula is C20H21ClN2O4. The Kier molecular flexibility index (Phi) is 5.96. The van der Waals surface area contributed by atoms with E-state index in [1.807, 2.05) is 26.0 Å². The van der Waals surface area contributed by atoms with E-state index in [9.17, 15) is 4.79 Å². The molecule has 27 heavy (non-hydrogen) atoms. The summed E-state index contributed by atoms with van der Waals surface area (Å²) in [6.07, 6.45) is 4.14. The lowest BCUT2D eigenvalue weighted by atomic mass is 10.1. The second-order valence-electron chi connectivity index (χ2n) is 6.60. The van der Waals surface area contributed by atoms with Crippen LogP contribution >= 0.6 is 11.6 Å². The number of aryl methyl sites for hydroxylation is 1. The van der Waals surface area contributed by atoms with Crippen molar-refractivity contribution in [1.29, 1.82) is 0 Å². The zero-order valence-electron chi connectivity index (χ0n) is 15.2. The molecule has 1 N–H and O–H groups in total. The molecule has 2 aromatic heterocycles. The highest BCUT2D eigenvalue weighted by Crippen LogP contribution is 2.32. The van der Waals surface area contributed by atoms with Gasteiger partial charge in [-0.2, -0.15) is 0 Å². The summed E-state index contributed by atoms with van der Waals surface area (Å²) in [7, 11) is 0. The number of fused-ring (bicyclic) bond motifs is 1. The smallest absolute Gasteiger partial charge is 0.303 e. The van der Waals surface area contributed by atoms with Gasteiger partial charge in [-0.1, -0.05) is 11.6 Å². The fraction of sp³-hybridized carbons (Fsp3) is 0.350. The van der Waals surface area contributed by atoms with Gasteiger partial charge < -0.3 is 14.3 Å². The van der Waals surface area contributed by atoms with E-state index in [1.54, 1.807) is 18.3 Å². The predicted molar refractivity (Wildman–Crippen MR) is 103 cm³/mol. The number of hydrogen-bond acceptors (Lipinski definition) is 5. The topological polar surface area (TPSA) is 85.5 Å². The van der Waals surface area contributed by atoms with Crippen molar-refractivity contribution in [2.45, 2.75) is 45.6 Å². The number of hydrogen-bond donors (Lipinski definition) is 1. The summed E-state index contributed by atoms with van der Waals surface area (Å²) < 4.78 is 11.4. The Morgan fingerprint density at radius 1 is 1.30 bits per heavy atom. The van der Waals surface area contributed by atoms with E-state index in [1.165, 1.54) is 0 Å². The van der Waals surface area contributed by atoms with Crippen LogP contribution in [0.15, 0.2) is 34.9 Å². The predicted octanol–water partition coefficient (Wildman–Crippen LogP) is 5.13. The molecule has 0 unspecified atom stereocenters. The molecule has 0 bridgehead atoms. The second kappa shape index (κ2) is 8.39. The molecule has 0 aliphatic rings. The summed E-state index contributed by atoms with van der Waals surface area (Å²) in [5.74, 6) is 0.292. The molecule has 3 aromatic rings. The summed E-state index contributed by atoms with van der Waals surface area (Å²) in [4.78, 5) is 19.4. The van der Waals surface area contributed by atoms with Crippen molar-refractivity contribution < 1.29 is 19.1 Å². The third-order valence-corrected chi connectivity index (χ3v) is 4.25. The lowest BCUT2D eigenvalue weighted by Gasteiger charge is -2.11. The zero-order chi connectivity index (χ0) is 19.4. The average molecular weight is 389 g/mol. The number of nitrogens with zero attached hydrogens (tertiary/aromatic N) is 2. The number of aliphatic carboxylic acids is 1. The van der Waals surface area contributed by atoms with Gasteiger partial charge in [0, 0.05) is 18.2 Å². The second-order valence-corrected chi connectivity index (χ2v) is 7.01. The van der Waals surface area contributed by atoms with Gasteiger partial charge >= 0.3 is 5.97 Å². The Bertz CT molecular complexity index is 952. The van der Waals surface area contributed by atoms with Gasteiger partial charge in [0.25, 0.3) is 0 Å². The van der Waals surface area contributed by atoms with Crippen LogP contribution in [0.3, 0.4) is 0 Å². The third kappa shape index (κ3) is 4.98. The molecule has 0 saturated carbocycles. The quantitative estimate of drug-likeness (QED) is 0.538. The first-order chi connectivity index (χ1) is 12.9. The van der Waals surface area contributed by atoms with Crippen molar-refractivity contribution in [3.05, 3.63) is 41.0 Å². The first-order valence-corrected chi connectivity index (χ1v) is 9.24. The van der Waals surface area contributed by atoms with E-state index < -0.39 is 5.97 Å². The molecule has 0 saturated heterocycles. The van der Waals surface area contributed by atoms with Crippen LogP contribution in [0, 0.1) is 0 Å². The average Bonchev–Trinajstić information content (AvgIpc) is 3.03. The van der Waals surface area contributed by atoms with Crippen molar-refractivity contribution >= 4 is 28.8 Å². The van der Waals surface area contributed by atoms with Gasteiger partial charge in [0.15, 0.2) is 0 Å². The minimum atomic E-state index is -0.770. The van der Waals surface area contributed by atoms with E-state index in [-0.39, 0.29) is 12.5 Å². The summed E-state index contributed by atoms with van der Waals surface area (Å²) in [5.41, 5.74) is 2.88. The molecule has 6 nitrogen and oxygen atoms in total. The number of rotatable bonds is 8. The first-order valence-electron chi connectivity index (χ1n) is 8.86. The van der Waals surface area contributed by atoms with Crippen LogP contribution in [0.1, 0.15) is 38.7 Å². The Hall–Kier alpha value is -2.60. The molecule has 0 amide bonds. The van der Waals surface area contributed by atoms with Crippen LogP contribution < -0.4 is 4.74 Å². The first kappa shape index (κ1) is 19.2. The van der Waals surface area contributed by atoms with Crippen molar-refractivity contribution in [3.63, 3.8) is 0 Å². The van der Waals surface area contributed by atoms with E-state index in [0.29, 0.717) is 34.3 Å². The van der Waals surface area contributed by atoms with Gasteiger partial charge in [0.1, 0.15) is 11.3 Å². The molecule has 0 radical (unpaired) electrons. The fourth-order valence-corrected chi connectivity index (χ4v) is 2.94. The highest BCUT2D eigenvalue weighted by Gasteiger charge is 2.13. The number of benzene rings is 1. The Balaban J connectivity index is 1.76. The van der Waals surface area contributed by atoms with Gasteiger partial charge in [-0.25, -0.2) is 9.97 Å². The normalized spacial score (nSPS) is 11.3. The molecule has 3 rings (SSSR count). The summed E-state index contributed by atoms with van der Waals surface area (Å²) >= 11 is 6.29. The van der Waals surface area contributed by atoms with Gasteiger partial charge in [-0.15, -0.1) is 0 Å². The van der Waals surface area contributed by atoms with E-state index in [0.717, 1.165) is 24.0 Å². The number of pyridine rings is 1. The minimum absolute atomic E-state index is 0.0378. The van der Waals surface area contributed by atoms with Crippen LogP contribution in [-0.4, -0.2) is 27.1 Å². The van der Waals surface area contributed by atoms with E-state index in [4.69, 9.17) is 25.9 Å². The van der Waals surface area contributed by atoms with Crippen LogP contribution in [0.25, 0.3) is 22.7 Å². The monoisotopic (exact) mass is 388 g/mol. The number of carbonyl (C=O) groups is 1. The van der Waals surface area contributed by atoms with Crippen molar-refractivity contribution in [3.8, 4) is 17.2 Å². The number of ether oxygens (including phenoxy) is 1.